The van der Waals surface area contributed by atoms with Gasteiger partial charge in [-0.15, -0.1) is 11.3 Å². The van der Waals surface area contributed by atoms with E-state index in [1.807, 2.05) is 78.8 Å². The van der Waals surface area contributed by atoms with E-state index in [1.54, 1.807) is 31.2 Å². The number of nitrogens with one attached hydrogen (secondary N) is 3. The Balaban J connectivity index is 1.62. The van der Waals surface area contributed by atoms with E-state index in [9.17, 15) is 29.1 Å². The number of carbonyl (C=O) groups excluding carboxylic acids is 5. The van der Waals surface area contributed by atoms with Gasteiger partial charge in [-0.3, -0.25) is 24.1 Å². The minimum atomic E-state index is -1.04. The molecule has 1 aromatic carbocycles. The molecule has 15 heteroatoms. The van der Waals surface area contributed by atoms with Crippen LogP contribution in [-0.4, -0.2) is 113 Å². The maximum absolute atomic E-state index is 14.4. The van der Waals surface area contributed by atoms with Gasteiger partial charge in [0.15, 0.2) is 0 Å². The maximum atomic E-state index is 14.4. The van der Waals surface area contributed by atoms with Crippen LogP contribution in [0.25, 0.3) is 0 Å². The molecule has 0 bridgehead atoms. The van der Waals surface area contributed by atoms with Gasteiger partial charge in [-0.25, -0.2) is 9.78 Å². The number of thiazole rings is 1. The van der Waals surface area contributed by atoms with Gasteiger partial charge in [-0.2, -0.15) is 0 Å². The van der Waals surface area contributed by atoms with Crippen molar-refractivity contribution in [2.75, 3.05) is 33.3 Å². The number of aliphatic hydroxyl groups is 1. The van der Waals surface area contributed by atoms with Crippen molar-refractivity contribution in [2.24, 2.45) is 17.8 Å². The molecule has 1 aliphatic rings. The molecule has 63 heavy (non-hydrogen) atoms. The van der Waals surface area contributed by atoms with Crippen molar-refractivity contribution >= 4 is 41.1 Å². The second-order valence-corrected chi connectivity index (χ2v) is 19.5. The zero-order chi connectivity index (χ0) is 46.7. The average molecular weight is 899 g/mol. The van der Waals surface area contributed by atoms with Gasteiger partial charge in [0.2, 0.25) is 11.8 Å². The number of piperidine rings is 1. The first-order valence-corrected chi connectivity index (χ1v) is 24.2. The molecule has 1 aliphatic heterocycles. The molecule has 1 saturated heterocycles. The Morgan fingerprint density at radius 2 is 1.67 bits per heavy atom. The molecular formula is C48H78N6O8S. The normalized spacial score (nSPS) is 17.4. The van der Waals surface area contributed by atoms with Gasteiger partial charge in [0.1, 0.15) is 28.4 Å². The monoisotopic (exact) mass is 899 g/mol. The number of aromatic nitrogens is 1. The van der Waals surface area contributed by atoms with Gasteiger partial charge in [0, 0.05) is 37.5 Å². The van der Waals surface area contributed by atoms with Crippen molar-refractivity contribution in [2.45, 2.75) is 169 Å². The molecule has 1 fully saturated rings. The van der Waals surface area contributed by atoms with Crippen LogP contribution in [-0.2, 0) is 30.3 Å². The van der Waals surface area contributed by atoms with Crippen LogP contribution in [0.15, 0.2) is 35.7 Å². The smallest absolute Gasteiger partial charge is 0.407 e. The largest absolute Gasteiger partial charge is 0.466 e. The lowest BCUT2D eigenvalue weighted by Gasteiger charge is -2.38. The quantitative estimate of drug-likeness (QED) is 0.0578. The van der Waals surface area contributed by atoms with Gasteiger partial charge < -0.3 is 35.4 Å². The van der Waals surface area contributed by atoms with Crippen LogP contribution in [0.1, 0.15) is 154 Å². The Bertz CT molecular complexity index is 1720. The number of hydrogen-bond donors (Lipinski definition) is 4. The van der Waals surface area contributed by atoms with Gasteiger partial charge in [0.05, 0.1) is 18.6 Å². The molecule has 3 rings (SSSR count). The highest BCUT2D eigenvalue weighted by molar-refractivity contribution is 7.09. The molecule has 2 aromatic rings. The third kappa shape index (κ3) is 18.1. The van der Waals surface area contributed by atoms with E-state index in [1.165, 1.54) is 11.3 Å². The molecule has 0 saturated carbocycles. The van der Waals surface area contributed by atoms with Crippen LogP contribution in [0.5, 0.6) is 0 Å². The zero-order valence-corrected chi connectivity index (χ0v) is 40.6. The molecule has 0 aliphatic carbocycles. The number of hydrogen-bond acceptors (Lipinski definition) is 11. The number of unbranched alkanes of at least 4 members (excludes halogenated alkanes) is 3. The molecule has 2 heterocycles. The molecule has 4 N–H and O–H groups in total. The number of esters is 1. The molecule has 0 radical (unpaired) electrons. The minimum Gasteiger partial charge on any atom is -0.466 e. The highest BCUT2D eigenvalue weighted by Crippen LogP contribution is 2.28. The number of alkyl carbamates (subject to hydrolysis) is 1. The molecule has 354 valence electrons. The van der Waals surface area contributed by atoms with E-state index in [-0.39, 0.29) is 66.5 Å². The summed E-state index contributed by atoms with van der Waals surface area (Å²) in [6.45, 7) is 19.5. The van der Waals surface area contributed by atoms with Crippen LogP contribution in [0.4, 0.5) is 4.79 Å². The van der Waals surface area contributed by atoms with Gasteiger partial charge in [0.25, 0.3) is 5.91 Å². The standard InChI is InChI=1S/C48H78N6O8S/c1-11-33(5)41(52-43(57)38-24-18-21-27-54(38)26-20-14-13-19-25-49-47(60)62-48(7,8)9)45(58)53(10)39(32(3)4)30-40(55)44-51-37(31-63-44)42(56)50-36(28-34(6)46(59)61-12-2)29-35-22-16-15-17-23-35/h15-17,22-23,31-34,36,38-41,55H,11-14,18-21,24-30H2,1-10H3,(H,49,60)(H,50,56)(H,52,57)/t33-,34-,36+,38+,39+,40+,41-/m0/s1. The minimum absolute atomic E-state index is 0.0355. The third-order valence-corrected chi connectivity index (χ3v) is 12.8. The Hall–Kier alpha value is -4.08. The van der Waals surface area contributed by atoms with E-state index in [0.29, 0.717) is 30.8 Å². The number of likely N-dealkylation sites (N-methyl/N-ethyl adjacent to an activating group) is 1. The summed E-state index contributed by atoms with van der Waals surface area (Å²) >= 11 is 1.19. The summed E-state index contributed by atoms with van der Waals surface area (Å²) in [6.07, 6.45) is 6.75. The van der Waals surface area contributed by atoms with Crippen molar-refractivity contribution in [3.8, 4) is 0 Å². The molecular weight excluding hydrogens is 821 g/mol. The molecule has 0 spiro atoms. The number of benzene rings is 1. The SMILES string of the molecule is CCOC(=O)[C@@H](C)C[C@H](Cc1ccccc1)NC(=O)c1csc([C@H](O)C[C@H](C(C)C)N(C)C(=O)[C@@H](NC(=O)[C@H]2CCCCN2CCCCCCNC(=O)OC(C)(C)C)[C@@H](C)CC)n1. The molecule has 7 atom stereocenters. The molecule has 4 amide bonds. The van der Waals surface area contributed by atoms with E-state index in [2.05, 4.69) is 25.8 Å². The Labute approximate surface area is 381 Å². The van der Waals surface area contributed by atoms with Crippen molar-refractivity contribution in [3.63, 3.8) is 0 Å². The van der Waals surface area contributed by atoms with Crippen molar-refractivity contribution in [1.29, 1.82) is 0 Å². The van der Waals surface area contributed by atoms with Gasteiger partial charge >= 0.3 is 12.1 Å². The summed E-state index contributed by atoms with van der Waals surface area (Å²) in [5, 5.41) is 22.6. The first-order chi connectivity index (χ1) is 29.8. The van der Waals surface area contributed by atoms with Crippen LogP contribution in [0.3, 0.4) is 0 Å². The topological polar surface area (TPSA) is 180 Å². The summed E-state index contributed by atoms with van der Waals surface area (Å²) in [5.74, 6) is -1.63. The predicted molar refractivity (Wildman–Crippen MR) is 248 cm³/mol. The number of carbonyl (C=O) groups is 5. The van der Waals surface area contributed by atoms with Crippen LogP contribution in [0.2, 0.25) is 0 Å². The maximum Gasteiger partial charge on any atom is 0.407 e. The van der Waals surface area contributed by atoms with Crippen LogP contribution < -0.4 is 16.0 Å². The fourth-order valence-corrected chi connectivity index (χ4v) is 8.88. The highest BCUT2D eigenvalue weighted by atomic mass is 32.1. The zero-order valence-electron chi connectivity index (χ0n) is 39.7. The Kier molecular flexibility index (Phi) is 22.5. The second-order valence-electron chi connectivity index (χ2n) is 18.6. The summed E-state index contributed by atoms with van der Waals surface area (Å²) in [6, 6.07) is 7.94. The number of likely N-dealkylation sites (tertiary alicyclic amines) is 1. The van der Waals surface area contributed by atoms with E-state index in [4.69, 9.17) is 9.47 Å². The van der Waals surface area contributed by atoms with E-state index in [0.717, 1.165) is 63.6 Å². The fraction of sp³-hybridized carbons (Fsp3) is 0.708. The van der Waals surface area contributed by atoms with Gasteiger partial charge in [-0.05, 0) is 96.7 Å². The van der Waals surface area contributed by atoms with Crippen LogP contribution in [0, 0.1) is 17.8 Å². The number of aliphatic hydroxyl groups excluding tert-OH is 1. The summed E-state index contributed by atoms with van der Waals surface area (Å²) in [7, 11) is 1.74. The summed E-state index contributed by atoms with van der Waals surface area (Å²) < 4.78 is 10.5. The highest BCUT2D eigenvalue weighted by Gasteiger charge is 2.37. The number of rotatable bonds is 25. The van der Waals surface area contributed by atoms with E-state index < -0.39 is 35.7 Å². The Morgan fingerprint density at radius 1 is 0.968 bits per heavy atom. The summed E-state index contributed by atoms with van der Waals surface area (Å²) in [5.41, 5.74) is 0.662. The molecule has 14 nitrogen and oxygen atoms in total. The lowest BCUT2D eigenvalue weighted by molar-refractivity contribution is -0.147. The van der Waals surface area contributed by atoms with Crippen molar-refractivity contribution < 1.29 is 38.6 Å². The lowest BCUT2D eigenvalue weighted by Crippen LogP contribution is -2.58. The van der Waals surface area contributed by atoms with Crippen molar-refractivity contribution in [1.82, 2.24) is 30.7 Å². The Morgan fingerprint density at radius 3 is 2.32 bits per heavy atom. The summed E-state index contributed by atoms with van der Waals surface area (Å²) in [4.78, 5) is 74.8. The number of amides is 4. The number of nitrogens with zero attached hydrogens (tertiary/aromatic N) is 3. The fourth-order valence-electron chi connectivity index (χ4n) is 8.08. The second kappa shape index (κ2) is 26.6. The lowest BCUT2D eigenvalue weighted by atomic mass is 9.92. The van der Waals surface area contributed by atoms with Gasteiger partial charge in [-0.1, -0.05) is 90.6 Å². The number of ether oxygens (including phenoxy) is 2. The van der Waals surface area contributed by atoms with Crippen molar-refractivity contribution in [3.05, 3.63) is 52.0 Å². The predicted octanol–water partition coefficient (Wildman–Crippen LogP) is 7.45. The van der Waals surface area contributed by atoms with E-state index >= 15 is 0 Å². The molecule has 1 aromatic heterocycles. The third-order valence-electron chi connectivity index (χ3n) is 11.8. The van der Waals surface area contributed by atoms with Crippen LogP contribution >= 0.6 is 11.3 Å². The average Bonchev–Trinajstić information content (AvgIpc) is 3.74. The molecule has 0 unspecified atom stereocenters. The first kappa shape index (κ1) is 53.3. The first-order valence-electron chi connectivity index (χ1n) is 23.3.